The predicted octanol–water partition coefficient (Wildman–Crippen LogP) is 10.2. The monoisotopic (exact) mass is 549 g/mol. The van der Waals surface area contributed by atoms with Crippen LogP contribution < -0.4 is 0 Å². The van der Waals surface area contributed by atoms with Gasteiger partial charge in [-0.1, -0.05) is 97.1 Å². The van der Waals surface area contributed by atoms with Crippen LogP contribution in [0, 0.1) is 0 Å². The van der Waals surface area contributed by atoms with Crippen molar-refractivity contribution in [3.05, 3.63) is 140 Å². The van der Waals surface area contributed by atoms with Gasteiger partial charge in [0, 0.05) is 43.6 Å². The summed E-state index contributed by atoms with van der Waals surface area (Å²) in [6.45, 7) is 0. The zero-order valence-corrected chi connectivity index (χ0v) is 23.0. The van der Waals surface area contributed by atoms with Gasteiger partial charge < -0.3 is 4.42 Å². The SMILES string of the molecule is c1ccc(-c2ccc3ccc4ccc(-c5ccc(-c6ccc7c(ccc8oc9ccccc9c87)n6)cc5)nc4c3n2)cc1. The molecule has 4 heteroatoms. The maximum absolute atomic E-state index is 6.07. The second-order valence-corrected chi connectivity index (χ2v) is 10.8. The Balaban J connectivity index is 1.10. The molecule has 0 radical (unpaired) electrons. The van der Waals surface area contributed by atoms with Crippen LogP contribution in [0.1, 0.15) is 0 Å². The van der Waals surface area contributed by atoms with Crippen molar-refractivity contribution in [2.24, 2.45) is 0 Å². The third kappa shape index (κ3) is 3.88. The third-order valence-corrected chi connectivity index (χ3v) is 8.27. The molecule has 5 aromatic carbocycles. The molecule has 0 saturated carbocycles. The van der Waals surface area contributed by atoms with E-state index in [-0.39, 0.29) is 0 Å². The van der Waals surface area contributed by atoms with Crippen LogP contribution in [0.5, 0.6) is 0 Å². The third-order valence-electron chi connectivity index (χ3n) is 8.27. The molecule has 43 heavy (non-hydrogen) atoms. The summed E-state index contributed by atoms with van der Waals surface area (Å²) in [6.07, 6.45) is 0. The number of fused-ring (bicyclic) bond motifs is 8. The first-order chi connectivity index (χ1) is 21.3. The average Bonchev–Trinajstić information content (AvgIpc) is 3.47. The topological polar surface area (TPSA) is 51.8 Å². The minimum Gasteiger partial charge on any atom is -0.456 e. The van der Waals surface area contributed by atoms with Crippen LogP contribution >= 0.6 is 0 Å². The molecule has 4 heterocycles. The van der Waals surface area contributed by atoms with Crippen LogP contribution in [0.15, 0.2) is 144 Å². The summed E-state index contributed by atoms with van der Waals surface area (Å²) in [6, 6.07) is 47.9. The van der Waals surface area contributed by atoms with E-state index in [0.29, 0.717) is 0 Å². The molecule has 4 aromatic heterocycles. The summed E-state index contributed by atoms with van der Waals surface area (Å²) in [5.74, 6) is 0. The van der Waals surface area contributed by atoms with Crippen LogP contribution in [-0.4, -0.2) is 15.0 Å². The summed E-state index contributed by atoms with van der Waals surface area (Å²) in [5.41, 5.74) is 10.6. The van der Waals surface area contributed by atoms with Gasteiger partial charge in [-0.3, -0.25) is 0 Å². The molecule has 0 fully saturated rings. The van der Waals surface area contributed by atoms with Crippen molar-refractivity contribution in [2.45, 2.75) is 0 Å². The van der Waals surface area contributed by atoms with Gasteiger partial charge in [0.15, 0.2) is 0 Å². The van der Waals surface area contributed by atoms with E-state index in [1.165, 1.54) is 0 Å². The number of benzene rings is 5. The standard InChI is InChI=1S/C39H23N3O/c1-2-6-24(7-3-1)32-19-16-27-14-15-28-17-20-33(42-39(28)38(27)41-32)26-12-10-25(11-13-26)31-21-18-29-34(40-31)22-23-36-37(29)30-8-4-5-9-35(30)43-36/h1-23H. The largest absolute Gasteiger partial charge is 0.456 e. The number of nitrogens with zero attached hydrogens (tertiary/aromatic N) is 3. The van der Waals surface area contributed by atoms with E-state index in [1.807, 2.05) is 48.5 Å². The van der Waals surface area contributed by atoms with Gasteiger partial charge in [-0.2, -0.15) is 0 Å². The van der Waals surface area contributed by atoms with Crippen molar-refractivity contribution in [2.75, 3.05) is 0 Å². The lowest BCUT2D eigenvalue weighted by atomic mass is 10.0. The van der Waals surface area contributed by atoms with Crippen molar-refractivity contribution >= 4 is 54.6 Å². The normalized spacial score (nSPS) is 11.7. The van der Waals surface area contributed by atoms with E-state index < -0.39 is 0 Å². The van der Waals surface area contributed by atoms with E-state index in [1.54, 1.807) is 0 Å². The molecule has 0 amide bonds. The molecule has 0 atom stereocenters. The van der Waals surface area contributed by atoms with Crippen molar-refractivity contribution in [3.8, 4) is 33.8 Å². The van der Waals surface area contributed by atoms with Gasteiger partial charge in [-0.05, 0) is 42.5 Å². The number of hydrogen-bond donors (Lipinski definition) is 0. The second-order valence-electron chi connectivity index (χ2n) is 10.8. The maximum atomic E-state index is 6.07. The average molecular weight is 550 g/mol. The van der Waals surface area contributed by atoms with Crippen molar-refractivity contribution < 1.29 is 4.42 Å². The first-order valence-corrected chi connectivity index (χ1v) is 14.4. The molecule has 0 bridgehead atoms. The zero-order chi connectivity index (χ0) is 28.3. The van der Waals surface area contributed by atoms with Gasteiger partial charge >= 0.3 is 0 Å². The van der Waals surface area contributed by atoms with Crippen molar-refractivity contribution in [1.82, 2.24) is 15.0 Å². The van der Waals surface area contributed by atoms with Crippen LogP contribution in [0.25, 0.3) is 88.4 Å². The van der Waals surface area contributed by atoms with Gasteiger partial charge in [-0.25, -0.2) is 15.0 Å². The van der Waals surface area contributed by atoms with Crippen LogP contribution in [0.4, 0.5) is 0 Å². The number of furan rings is 1. The molecule has 0 aliphatic heterocycles. The Morgan fingerprint density at radius 2 is 0.930 bits per heavy atom. The Morgan fingerprint density at radius 3 is 1.63 bits per heavy atom. The molecule has 0 aliphatic rings. The van der Waals surface area contributed by atoms with Crippen LogP contribution in [0.2, 0.25) is 0 Å². The highest BCUT2D eigenvalue weighted by Crippen LogP contribution is 2.35. The summed E-state index contributed by atoms with van der Waals surface area (Å²) in [7, 11) is 0. The van der Waals surface area contributed by atoms with E-state index in [4.69, 9.17) is 19.4 Å². The molecule has 9 aromatic rings. The molecular weight excluding hydrogens is 526 g/mol. The second kappa shape index (κ2) is 9.33. The lowest BCUT2D eigenvalue weighted by Gasteiger charge is -2.09. The molecule has 0 aliphatic carbocycles. The predicted molar refractivity (Wildman–Crippen MR) is 176 cm³/mol. The number of rotatable bonds is 3. The molecule has 0 spiro atoms. The summed E-state index contributed by atoms with van der Waals surface area (Å²) in [4.78, 5) is 15.2. The fourth-order valence-corrected chi connectivity index (χ4v) is 6.10. The van der Waals surface area contributed by atoms with E-state index >= 15 is 0 Å². The van der Waals surface area contributed by atoms with Crippen molar-refractivity contribution in [1.29, 1.82) is 0 Å². The molecule has 0 N–H and O–H groups in total. The first kappa shape index (κ1) is 23.8. The lowest BCUT2D eigenvalue weighted by Crippen LogP contribution is -1.91. The molecule has 0 saturated heterocycles. The minimum absolute atomic E-state index is 0.884. The molecule has 9 rings (SSSR count). The highest BCUT2D eigenvalue weighted by atomic mass is 16.3. The fourth-order valence-electron chi connectivity index (χ4n) is 6.10. The Morgan fingerprint density at radius 1 is 0.372 bits per heavy atom. The number of pyridine rings is 3. The van der Waals surface area contributed by atoms with Gasteiger partial charge in [0.1, 0.15) is 11.2 Å². The van der Waals surface area contributed by atoms with Gasteiger partial charge in [0.2, 0.25) is 0 Å². The number of para-hydroxylation sites is 1. The Labute approximate surface area is 246 Å². The summed E-state index contributed by atoms with van der Waals surface area (Å²) < 4.78 is 6.07. The van der Waals surface area contributed by atoms with Gasteiger partial charge in [-0.15, -0.1) is 0 Å². The Bertz CT molecular complexity index is 2500. The molecular formula is C39H23N3O. The molecule has 4 nitrogen and oxygen atoms in total. The first-order valence-electron chi connectivity index (χ1n) is 14.4. The van der Waals surface area contributed by atoms with E-state index in [9.17, 15) is 0 Å². The summed E-state index contributed by atoms with van der Waals surface area (Å²) in [5, 5.41) is 5.48. The van der Waals surface area contributed by atoms with Gasteiger partial charge in [0.05, 0.1) is 33.6 Å². The summed E-state index contributed by atoms with van der Waals surface area (Å²) >= 11 is 0. The van der Waals surface area contributed by atoms with Crippen LogP contribution in [-0.2, 0) is 0 Å². The van der Waals surface area contributed by atoms with Crippen molar-refractivity contribution in [3.63, 3.8) is 0 Å². The molecule has 0 unspecified atom stereocenters. The zero-order valence-electron chi connectivity index (χ0n) is 23.0. The molecule has 200 valence electrons. The van der Waals surface area contributed by atoms with Gasteiger partial charge in [0.25, 0.3) is 0 Å². The maximum Gasteiger partial charge on any atom is 0.136 e. The van der Waals surface area contributed by atoms with E-state index in [2.05, 4.69) is 91.0 Å². The lowest BCUT2D eigenvalue weighted by molar-refractivity contribution is 0.669. The smallest absolute Gasteiger partial charge is 0.136 e. The highest BCUT2D eigenvalue weighted by Gasteiger charge is 2.13. The van der Waals surface area contributed by atoms with E-state index in [0.717, 1.165) is 88.4 Å². The quantitative estimate of drug-likeness (QED) is 0.206. The fraction of sp³-hybridized carbons (Fsp3) is 0. The van der Waals surface area contributed by atoms with Crippen LogP contribution in [0.3, 0.4) is 0 Å². The Hall–Kier alpha value is -5.87. The minimum atomic E-state index is 0.884. The Kier molecular flexibility index (Phi) is 5.16. The highest BCUT2D eigenvalue weighted by molar-refractivity contribution is 6.18. The number of aromatic nitrogens is 3. The number of hydrogen-bond acceptors (Lipinski definition) is 4.